The van der Waals surface area contributed by atoms with Crippen molar-refractivity contribution in [2.45, 2.75) is 31.7 Å². The van der Waals surface area contributed by atoms with Crippen LogP contribution in [0.2, 0.25) is 0 Å². The monoisotopic (exact) mass is 334 g/mol. The molecule has 1 heterocycles. The third-order valence-electron chi connectivity index (χ3n) is 4.37. The molecule has 1 saturated carbocycles. The molecular formula is C17H23ClN4O. The minimum atomic E-state index is -0.111. The van der Waals surface area contributed by atoms with E-state index in [1.165, 1.54) is 6.42 Å². The summed E-state index contributed by atoms with van der Waals surface area (Å²) in [6.07, 6.45) is 6.27. The largest absolute Gasteiger partial charge is 0.348 e. The number of carbonyl (C=O) groups is 1. The first kappa shape index (κ1) is 17.5. The van der Waals surface area contributed by atoms with E-state index in [4.69, 9.17) is 5.73 Å². The number of amides is 1. The van der Waals surface area contributed by atoms with E-state index in [1.54, 1.807) is 10.7 Å². The summed E-state index contributed by atoms with van der Waals surface area (Å²) >= 11 is 0. The summed E-state index contributed by atoms with van der Waals surface area (Å²) in [5, 5.41) is 7.48. The molecule has 2 atom stereocenters. The van der Waals surface area contributed by atoms with E-state index in [1.807, 2.05) is 36.5 Å². The van der Waals surface area contributed by atoms with Gasteiger partial charge in [-0.3, -0.25) is 4.79 Å². The van der Waals surface area contributed by atoms with Gasteiger partial charge in [-0.1, -0.05) is 31.0 Å². The Kier molecular flexibility index (Phi) is 6.19. The minimum absolute atomic E-state index is 0. The normalized spacial score (nSPS) is 20.6. The van der Waals surface area contributed by atoms with Crippen molar-refractivity contribution < 1.29 is 4.79 Å². The molecule has 1 amide bonds. The van der Waals surface area contributed by atoms with Crippen LogP contribution in [0.4, 0.5) is 0 Å². The van der Waals surface area contributed by atoms with E-state index in [2.05, 4.69) is 10.4 Å². The van der Waals surface area contributed by atoms with Crippen molar-refractivity contribution in [2.75, 3.05) is 6.54 Å². The number of rotatable bonds is 4. The number of nitrogens with two attached hydrogens (primary N) is 1. The Balaban J connectivity index is 0.00000192. The number of halogens is 1. The predicted molar refractivity (Wildman–Crippen MR) is 93.1 cm³/mol. The summed E-state index contributed by atoms with van der Waals surface area (Å²) in [6.45, 7) is 0.628. The zero-order chi connectivity index (χ0) is 15.4. The molecule has 0 radical (unpaired) electrons. The maximum atomic E-state index is 12.4. The first-order chi connectivity index (χ1) is 10.8. The highest BCUT2D eigenvalue weighted by Crippen LogP contribution is 2.23. The van der Waals surface area contributed by atoms with Crippen LogP contribution in [0.5, 0.6) is 0 Å². The molecule has 2 aromatic rings. The van der Waals surface area contributed by atoms with Crippen LogP contribution in [-0.2, 0) is 0 Å². The lowest BCUT2D eigenvalue weighted by atomic mass is 9.84. The molecule has 3 rings (SSSR count). The topological polar surface area (TPSA) is 72.9 Å². The van der Waals surface area contributed by atoms with Crippen molar-refractivity contribution >= 4 is 18.3 Å². The molecule has 23 heavy (non-hydrogen) atoms. The fraction of sp³-hybridized carbons (Fsp3) is 0.412. The number of para-hydroxylation sites is 1. The molecular weight excluding hydrogens is 312 g/mol. The molecule has 0 spiro atoms. The number of carbonyl (C=O) groups excluding carboxylic acids is 1. The minimum Gasteiger partial charge on any atom is -0.348 e. The maximum Gasteiger partial charge on any atom is 0.272 e. The van der Waals surface area contributed by atoms with Crippen molar-refractivity contribution in [3.8, 4) is 5.69 Å². The van der Waals surface area contributed by atoms with Crippen LogP contribution in [0.3, 0.4) is 0 Å². The van der Waals surface area contributed by atoms with Crippen LogP contribution in [0, 0.1) is 5.92 Å². The van der Waals surface area contributed by atoms with Crippen molar-refractivity contribution in [2.24, 2.45) is 11.7 Å². The SMILES string of the molecule is Cl.NCC1CCCCC1NC(=O)c1ccn(-c2ccccc2)n1. The van der Waals surface area contributed by atoms with Gasteiger partial charge in [0.1, 0.15) is 0 Å². The van der Waals surface area contributed by atoms with E-state index in [0.717, 1.165) is 24.9 Å². The first-order valence-corrected chi connectivity index (χ1v) is 7.90. The van der Waals surface area contributed by atoms with Gasteiger partial charge in [-0.25, -0.2) is 4.68 Å². The van der Waals surface area contributed by atoms with Crippen LogP contribution < -0.4 is 11.1 Å². The number of hydrogen-bond acceptors (Lipinski definition) is 3. The van der Waals surface area contributed by atoms with Gasteiger partial charge in [0.25, 0.3) is 5.91 Å². The standard InChI is InChI=1S/C17H22N4O.ClH/c18-12-13-6-4-5-9-15(13)19-17(22)16-10-11-21(20-16)14-7-2-1-3-8-14;/h1-3,7-8,10-11,13,15H,4-6,9,12,18H2,(H,19,22);1H. The smallest absolute Gasteiger partial charge is 0.272 e. The van der Waals surface area contributed by atoms with Crippen LogP contribution in [-0.4, -0.2) is 28.3 Å². The molecule has 5 nitrogen and oxygen atoms in total. The van der Waals surface area contributed by atoms with Crippen molar-refractivity contribution in [3.63, 3.8) is 0 Å². The van der Waals surface area contributed by atoms with Gasteiger partial charge in [-0.05, 0) is 43.5 Å². The lowest BCUT2D eigenvalue weighted by Crippen LogP contribution is -2.44. The van der Waals surface area contributed by atoms with E-state index in [0.29, 0.717) is 18.2 Å². The highest BCUT2D eigenvalue weighted by Gasteiger charge is 2.26. The van der Waals surface area contributed by atoms with Crippen LogP contribution in [0.25, 0.3) is 5.69 Å². The van der Waals surface area contributed by atoms with Crippen LogP contribution in [0.15, 0.2) is 42.6 Å². The molecule has 1 aromatic carbocycles. The summed E-state index contributed by atoms with van der Waals surface area (Å²) < 4.78 is 1.72. The zero-order valence-electron chi connectivity index (χ0n) is 13.0. The maximum absolute atomic E-state index is 12.4. The average molecular weight is 335 g/mol. The number of hydrogen-bond donors (Lipinski definition) is 2. The predicted octanol–water partition coefficient (Wildman–Crippen LogP) is 2.54. The Morgan fingerprint density at radius 1 is 1.22 bits per heavy atom. The summed E-state index contributed by atoms with van der Waals surface area (Å²) in [5.41, 5.74) is 7.21. The molecule has 1 aromatic heterocycles. The lowest BCUT2D eigenvalue weighted by molar-refractivity contribution is 0.0902. The third kappa shape index (κ3) is 4.12. The second-order valence-electron chi connectivity index (χ2n) is 5.84. The van der Waals surface area contributed by atoms with E-state index >= 15 is 0 Å². The molecule has 1 aliphatic carbocycles. The zero-order valence-corrected chi connectivity index (χ0v) is 13.8. The number of aromatic nitrogens is 2. The summed E-state index contributed by atoms with van der Waals surface area (Å²) in [6, 6.07) is 11.7. The molecule has 0 aliphatic heterocycles. The quantitative estimate of drug-likeness (QED) is 0.902. The molecule has 3 N–H and O–H groups in total. The third-order valence-corrected chi connectivity index (χ3v) is 4.37. The second kappa shape index (κ2) is 8.13. The van der Waals surface area contributed by atoms with Gasteiger partial charge in [0.2, 0.25) is 0 Å². The molecule has 1 aliphatic rings. The molecule has 0 saturated heterocycles. The van der Waals surface area contributed by atoms with Crippen LogP contribution >= 0.6 is 12.4 Å². The first-order valence-electron chi connectivity index (χ1n) is 7.90. The van der Waals surface area contributed by atoms with Gasteiger partial charge in [-0.2, -0.15) is 5.10 Å². The Bertz CT molecular complexity index is 629. The highest BCUT2D eigenvalue weighted by molar-refractivity contribution is 5.92. The van der Waals surface area contributed by atoms with Crippen molar-refractivity contribution in [3.05, 3.63) is 48.3 Å². The van der Waals surface area contributed by atoms with Crippen LogP contribution in [0.1, 0.15) is 36.2 Å². The van der Waals surface area contributed by atoms with Crippen molar-refractivity contribution in [1.29, 1.82) is 0 Å². The molecule has 6 heteroatoms. The van der Waals surface area contributed by atoms with Gasteiger partial charge in [-0.15, -0.1) is 12.4 Å². The summed E-state index contributed by atoms with van der Waals surface area (Å²) in [7, 11) is 0. The molecule has 2 unspecified atom stereocenters. The van der Waals surface area contributed by atoms with E-state index in [9.17, 15) is 4.79 Å². The highest BCUT2D eigenvalue weighted by atomic mass is 35.5. The summed E-state index contributed by atoms with van der Waals surface area (Å²) in [5.74, 6) is 0.272. The molecule has 124 valence electrons. The number of benzene rings is 1. The van der Waals surface area contributed by atoms with Gasteiger partial charge in [0.15, 0.2) is 5.69 Å². The number of nitrogens with one attached hydrogen (secondary N) is 1. The van der Waals surface area contributed by atoms with Gasteiger partial charge < -0.3 is 11.1 Å². The second-order valence-corrected chi connectivity index (χ2v) is 5.84. The van der Waals surface area contributed by atoms with Gasteiger partial charge >= 0.3 is 0 Å². The summed E-state index contributed by atoms with van der Waals surface area (Å²) in [4.78, 5) is 12.4. The number of nitrogens with zero attached hydrogens (tertiary/aromatic N) is 2. The van der Waals surface area contributed by atoms with Gasteiger partial charge in [0, 0.05) is 12.2 Å². The Labute approximate surface area is 142 Å². The van der Waals surface area contributed by atoms with E-state index < -0.39 is 0 Å². The van der Waals surface area contributed by atoms with Gasteiger partial charge in [0.05, 0.1) is 5.69 Å². The fourth-order valence-corrected chi connectivity index (χ4v) is 3.09. The molecule has 0 bridgehead atoms. The van der Waals surface area contributed by atoms with Crippen molar-refractivity contribution in [1.82, 2.24) is 15.1 Å². The Hall–Kier alpha value is -1.85. The Morgan fingerprint density at radius 2 is 1.96 bits per heavy atom. The lowest BCUT2D eigenvalue weighted by Gasteiger charge is -2.31. The van der Waals surface area contributed by atoms with E-state index in [-0.39, 0.29) is 24.4 Å². The molecule has 1 fully saturated rings. The Morgan fingerprint density at radius 3 is 2.70 bits per heavy atom. The average Bonchev–Trinajstić information content (AvgIpc) is 3.06. The fourth-order valence-electron chi connectivity index (χ4n) is 3.09.